The molecule has 0 saturated carbocycles. The summed E-state index contributed by atoms with van der Waals surface area (Å²) in [6, 6.07) is 7.33. The van der Waals surface area contributed by atoms with Gasteiger partial charge in [0, 0.05) is 5.92 Å². The lowest BCUT2D eigenvalue weighted by molar-refractivity contribution is -0.187. The fourth-order valence-electron chi connectivity index (χ4n) is 3.41. The molecule has 1 heterocycles. The molecule has 0 N–H and O–H groups in total. The minimum absolute atomic E-state index is 0.0207. The second-order valence-corrected chi connectivity index (χ2v) is 7.18. The number of halogens is 5. The normalized spacial score (nSPS) is 19.7. The monoisotopic (exact) mass is 430 g/mol. The molecule has 1 aliphatic heterocycles. The van der Waals surface area contributed by atoms with Crippen molar-refractivity contribution >= 4 is 0 Å². The molecule has 1 fully saturated rings. The van der Waals surface area contributed by atoms with Crippen LogP contribution < -0.4 is 9.47 Å². The van der Waals surface area contributed by atoms with Crippen LogP contribution in [0.1, 0.15) is 55.7 Å². The maximum Gasteiger partial charge on any atom is 0.426 e. The number of alkyl halides is 4. The second kappa shape index (κ2) is 9.20. The highest BCUT2D eigenvalue weighted by Gasteiger charge is 2.37. The van der Waals surface area contributed by atoms with Crippen molar-refractivity contribution in [3.05, 3.63) is 58.9 Å². The molecule has 8 heteroatoms. The number of hydrogen-bond donors (Lipinski definition) is 0. The van der Waals surface area contributed by atoms with Crippen molar-refractivity contribution < 1.29 is 36.2 Å². The highest BCUT2D eigenvalue weighted by Crippen LogP contribution is 2.40. The first-order chi connectivity index (χ1) is 14.2. The van der Waals surface area contributed by atoms with E-state index in [0.29, 0.717) is 6.61 Å². The molecule has 2 aromatic rings. The van der Waals surface area contributed by atoms with Crippen molar-refractivity contribution in [3.8, 4) is 11.5 Å². The maximum absolute atomic E-state index is 14.6. The van der Waals surface area contributed by atoms with Crippen LogP contribution in [0.25, 0.3) is 0 Å². The van der Waals surface area contributed by atoms with Gasteiger partial charge in [-0.3, -0.25) is 0 Å². The molecule has 0 radical (unpaired) electrons. The van der Waals surface area contributed by atoms with Crippen molar-refractivity contribution in [1.82, 2.24) is 0 Å². The first-order valence-corrected chi connectivity index (χ1v) is 9.75. The Morgan fingerprint density at radius 2 is 1.73 bits per heavy atom. The van der Waals surface area contributed by atoms with Gasteiger partial charge >= 0.3 is 6.11 Å². The molecule has 2 aromatic carbocycles. The minimum Gasteiger partial charge on any atom is -0.493 e. The van der Waals surface area contributed by atoms with Crippen LogP contribution in [0.3, 0.4) is 0 Å². The summed E-state index contributed by atoms with van der Waals surface area (Å²) in [5, 5.41) is 0. The molecule has 2 atom stereocenters. The van der Waals surface area contributed by atoms with Gasteiger partial charge < -0.3 is 14.2 Å². The summed E-state index contributed by atoms with van der Waals surface area (Å²) in [4.78, 5) is 0. The predicted molar refractivity (Wildman–Crippen MR) is 101 cm³/mol. The summed E-state index contributed by atoms with van der Waals surface area (Å²) in [5.74, 6) is -2.84. The summed E-state index contributed by atoms with van der Waals surface area (Å²) in [6.07, 6.45) is -5.20. The van der Waals surface area contributed by atoms with Gasteiger partial charge in [0.2, 0.25) is 0 Å². The van der Waals surface area contributed by atoms with Crippen LogP contribution >= 0.6 is 0 Å². The Morgan fingerprint density at radius 1 is 1.07 bits per heavy atom. The molecule has 1 aliphatic rings. The highest BCUT2D eigenvalue weighted by atomic mass is 19.3. The van der Waals surface area contributed by atoms with Crippen LogP contribution in [0.2, 0.25) is 0 Å². The van der Waals surface area contributed by atoms with E-state index in [9.17, 15) is 22.0 Å². The first-order valence-electron chi connectivity index (χ1n) is 9.75. The SMILES string of the molecule is CCOc1ccc(OC(F)(F)c2ccc(C3CCC(C)OC3)cc2)c(F)c1C(F)F. The van der Waals surface area contributed by atoms with Gasteiger partial charge in [-0.05, 0) is 56.5 Å². The van der Waals surface area contributed by atoms with Gasteiger partial charge in [-0.25, -0.2) is 13.2 Å². The van der Waals surface area contributed by atoms with E-state index in [1.165, 1.54) is 19.1 Å². The first kappa shape index (κ1) is 22.3. The van der Waals surface area contributed by atoms with Gasteiger partial charge in [0.25, 0.3) is 6.43 Å². The Kier molecular flexibility index (Phi) is 6.85. The lowest BCUT2D eigenvalue weighted by Crippen LogP contribution is -2.24. The Balaban J connectivity index is 1.80. The fraction of sp³-hybridized carbons (Fsp3) is 0.455. The molecule has 0 amide bonds. The Hall–Kier alpha value is -2.35. The highest BCUT2D eigenvalue weighted by molar-refractivity contribution is 5.43. The molecular weight excluding hydrogens is 407 g/mol. The van der Waals surface area contributed by atoms with E-state index in [1.807, 2.05) is 6.92 Å². The van der Waals surface area contributed by atoms with Crippen molar-refractivity contribution in [2.24, 2.45) is 0 Å². The second-order valence-electron chi connectivity index (χ2n) is 7.18. The molecular formula is C22H23F5O3. The van der Waals surface area contributed by atoms with E-state index in [0.717, 1.165) is 30.5 Å². The summed E-state index contributed by atoms with van der Waals surface area (Å²) in [7, 11) is 0. The van der Waals surface area contributed by atoms with Gasteiger partial charge in [0.05, 0.1) is 30.4 Å². The Labute approximate surface area is 171 Å². The van der Waals surface area contributed by atoms with Crippen LogP contribution in [0.15, 0.2) is 36.4 Å². The molecule has 30 heavy (non-hydrogen) atoms. The molecule has 0 aromatic heterocycles. The van der Waals surface area contributed by atoms with E-state index in [2.05, 4.69) is 4.74 Å². The average molecular weight is 430 g/mol. The molecule has 0 spiro atoms. The number of ether oxygens (including phenoxy) is 3. The number of benzene rings is 2. The third-order valence-corrected chi connectivity index (χ3v) is 5.08. The van der Waals surface area contributed by atoms with Crippen molar-refractivity contribution in [1.29, 1.82) is 0 Å². The Bertz CT molecular complexity index is 847. The van der Waals surface area contributed by atoms with E-state index in [-0.39, 0.29) is 18.6 Å². The predicted octanol–water partition coefficient (Wildman–Crippen LogP) is 6.57. The zero-order valence-corrected chi connectivity index (χ0v) is 16.6. The van der Waals surface area contributed by atoms with E-state index >= 15 is 0 Å². The molecule has 0 bridgehead atoms. The lowest BCUT2D eigenvalue weighted by Gasteiger charge is -2.27. The molecule has 3 rings (SSSR count). The zero-order chi connectivity index (χ0) is 21.9. The summed E-state index contributed by atoms with van der Waals surface area (Å²) in [5.41, 5.74) is -0.760. The molecule has 164 valence electrons. The molecule has 3 nitrogen and oxygen atoms in total. The fourth-order valence-corrected chi connectivity index (χ4v) is 3.41. The van der Waals surface area contributed by atoms with Crippen LogP contribution in [0.4, 0.5) is 22.0 Å². The van der Waals surface area contributed by atoms with Gasteiger partial charge in [0.15, 0.2) is 11.6 Å². The van der Waals surface area contributed by atoms with Gasteiger partial charge in [-0.1, -0.05) is 12.1 Å². The molecule has 2 unspecified atom stereocenters. The van der Waals surface area contributed by atoms with Gasteiger partial charge in [-0.15, -0.1) is 0 Å². The zero-order valence-electron chi connectivity index (χ0n) is 16.6. The number of hydrogen-bond acceptors (Lipinski definition) is 3. The van der Waals surface area contributed by atoms with Crippen LogP contribution in [0, 0.1) is 5.82 Å². The smallest absolute Gasteiger partial charge is 0.426 e. The van der Waals surface area contributed by atoms with Crippen molar-refractivity contribution in [2.45, 2.75) is 51.2 Å². The lowest BCUT2D eigenvalue weighted by atomic mass is 9.91. The molecule has 1 saturated heterocycles. The maximum atomic E-state index is 14.6. The summed E-state index contributed by atoms with van der Waals surface area (Å²) < 4.78 is 85.2. The van der Waals surface area contributed by atoms with Crippen LogP contribution in [-0.4, -0.2) is 19.3 Å². The van der Waals surface area contributed by atoms with Crippen LogP contribution in [0.5, 0.6) is 11.5 Å². The average Bonchev–Trinajstić information content (AvgIpc) is 2.71. The third-order valence-electron chi connectivity index (χ3n) is 5.08. The minimum atomic E-state index is -3.91. The standard InChI is InChI=1S/C22H23F5O3/c1-3-28-17-10-11-18(20(23)19(17)21(24)25)30-22(26,27)16-8-6-14(7-9-16)15-5-4-13(2)29-12-15/h6-11,13,15,21H,3-5,12H2,1-2H3. The van der Waals surface area contributed by atoms with Crippen molar-refractivity contribution in [2.75, 3.05) is 13.2 Å². The van der Waals surface area contributed by atoms with Gasteiger partial charge in [-0.2, -0.15) is 8.78 Å². The number of rotatable bonds is 7. The topological polar surface area (TPSA) is 27.7 Å². The molecule has 0 aliphatic carbocycles. The van der Waals surface area contributed by atoms with E-state index < -0.39 is 41.0 Å². The van der Waals surface area contributed by atoms with E-state index in [4.69, 9.17) is 9.47 Å². The van der Waals surface area contributed by atoms with Gasteiger partial charge in [0.1, 0.15) is 5.75 Å². The summed E-state index contributed by atoms with van der Waals surface area (Å²) >= 11 is 0. The van der Waals surface area contributed by atoms with E-state index in [1.54, 1.807) is 12.1 Å². The summed E-state index contributed by atoms with van der Waals surface area (Å²) in [6.45, 7) is 4.06. The third kappa shape index (κ3) is 4.86. The Morgan fingerprint density at radius 3 is 2.30 bits per heavy atom. The quantitative estimate of drug-likeness (QED) is 0.465. The van der Waals surface area contributed by atoms with Crippen molar-refractivity contribution in [3.63, 3.8) is 0 Å². The van der Waals surface area contributed by atoms with Crippen LogP contribution in [-0.2, 0) is 10.8 Å². The largest absolute Gasteiger partial charge is 0.493 e.